The molecule has 1 atom stereocenters. The van der Waals surface area contributed by atoms with Crippen molar-refractivity contribution in [3.63, 3.8) is 0 Å². The van der Waals surface area contributed by atoms with E-state index in [0.29, 0.717) is 18.0 Å². The molecule has 1 unspecified atom stereocenters. The van der Waals surface area contributed by atoms with Crippen LogP contribution in [0, 0.1) is 29.1 Å². The number of nitriles is 1. The van der Waals surface area contributed by atoms with Crippen LogP contribution in [-0.4, -0.2) is 36.0 Å². The lowest BCUT2D eigenvalue weighted by molar-refractivity contribution is -0.154. The van der Waals surface area contributed by atoms with E-state index in [1.165, 1.54) is 32.1 Å². The zero-order valence-electron chi connectivity index (χ0n) is 15.9. The van der Waals surface area contributed by atoms with Crippen molar-refractivity contribution in [3.05, 3.63) is 17.6 Å². The second kappa shape index (κ2) is 10.9. The molecule has 2 fully saturated rings. The lowest BCUT2D eigenvalue weighted by Crippen LogP contribution is -2.22. The summed E-state index contributed by atoms with van der Waals surface area (Å²) >= 11 is 0. The summed E-state index contributed by atoms with van der Waals surface area (Å²) in [6.07, 6.45) is 12.5. The van der Waals surface area contributed by atoms with Crippen LogP contribution in [0.1, 0.15) is 69.2 Å². The van der Waals surface area contributed by atoms with Gasteiger partial charge in [0.15, 0.2) is 6.29 Å². The van der Waals surface area contributed by atoms with Gasteiger partial charge in [0.2, 0.25) is 5.82 Å². The van der Waals surface area contributed by atoms with E-state index in [4.69, 9.17) is 14.7 Å². The monoisotopic (exact) mass is 368 g/mol. The van der Waals surface area contributed by atoms with E-state index in [9.17, 15) is 0 Å². The Balaban J connectivity index is 1.53. The van der Waals surface area contributed by atoms with E-state index in [1.54, 1.807) is 6.20 Å². The van der Waals surface area contributed by atoms with Crippen LogP contribution < -0.4 is 5.32 Å². The number of nitrogens with zero attached hydrogens (tertiary/aromatic N) is 3. The van der Waals surface area contributed by atoms with E-state index in [1.807, 2.05) is 6.07 Å². The predicted molar refractivity (Wildman–Crippen MR) is 103 cm³/mol. The summed E-state index contributed by atoms with van der Waals surface area (Å²) in [6.45, 7) is 1.91. The third-order valence-corrected chi connectivity index (χ3v) is 5.16. The van der Waals surface area contributed by atoms with Crippen molar-refractivity contribution in [3.8, 4) is 17.9 Å². The first-order valence-corrected chi connectivity index (χ1v) is 10.1. The van der Waals surface area contributed by atoms with Crippen molar-refractivity contribution in [2.24, 2.45) is 5.92 Å². The molecule has 27 heavy (non-hydrogen) atoms. The number of ether oxygens (including phenoxy) is 2. The highest BCUT2D eigenvalue weighted by atomic mass is 16.7. The van der Waals surface area contributed by atoms with Crippen LogP contribution in [0.5, 0.6) is 0 Å². The second-order valence-electron chi connectivity index (χ2n) is 7.20. The zero-order chi connectivity index (χ0) is 18.7. The molecule has 0 spiro atoms. The van der Waals surface area contributed by atoms with Crippen molar-refractivity contribution in [1.29, 1.82) is 5.26 Å². The highest BCUT2D eigenvalue weighted by molar-refractivity contribution is 5.53. The molecule has 0 aromatic carbocycles. The van der Waals surface area contributed by atoms with Gasteiger partial charge in [0.25, 0.3) is 0 Å². The van der Waals surface area contributed by atoms with Crippen LogP contribution in [-0.2, 0) is 9.47 Å². The largest absolute Gasteiger partial charge is 0.369 e. The Labute approximate surface area is 161 Å². The topological polar surface area (TPSA) is 80.1 Å². The van der Waals surface area contributed by atoms with Gasteiger partial charge in [-0.2, -0.15) is 5.26 Å². The quantitative estimate of drug-likeness (QED) is 0.773. The van der Waals surface area contributed by atoms with Gasteiger partial charge >= 0.3 is 0 Å². The number of hydrogen-bond donors (Lipinski definition) is 1. The van der Waals surface area contributed by atoms with Crippen LogP contribution in [0.25, 0.3) is 0 Å². The maximum Gasteiger partial charge on any atom is 0.234 e. The zero-order valence-corrected chi connectivity index (χ0v) is 15.9. The summed E-state index contributed by atoms with van der Waals surface area (Å²) in [5, 5.41) is 12.4. The third kappa shape index (κ3) is 6.50. The maximum absolute atomic E-state index is 9.07. The molecule has 1 aliphatic heterocycles. The summed E-state index contributed by atoms with van der Waals surface area (Å²) < 4.78 is 11.2. The van der Waals surface area contributed by atoms with Gasteiger partial charge in [-0.15, -0.1) is 0 Å². The molecule has 0 amide bonds. The molecule has 144 valence electrons. The number of nitrogens with one attached hydrogen (secondary N) is 1. The minimum Gasteiger partial charge on any atom is -0.369 e. The van der Waals surface area contributed by atoms with Crippen molar-refractivity contribution in [1.82, 2.24) is 9.97 Å². The summed E-state index contributed by atoms with van der Waals surface area (Å²) in [5.74, 6) is 7.67. The first-order chi connectivity index (χ1) is 13.3. The standard InChI is InChI=1S/C21H28N4O2/c22-15-19-24-16-18(9-6-14-27-20-10-4-5-13-26-20)21(25-19)23-12-11-17-7-2-1-3-8-17/h16-17,20H,1-5,7-8,10-14H2,(H,23,24,25). The molecule has 1 aromatic rings. The summed E-state index contributed by atoms with van der Waals surface area (Å²) in [7, 11) is 0. The Morgan fingerprint density at radius 3 is 2.81 bits per heavy atom. The Kier molecular flexibility index (Phi) is 7.89. The van der Waals surface area contributed by atoms with E-state index in [2.05, 4.69) is 27.1 Å². The first-order valence-electron chi connectivity index (χ1n) is 10.1. The Morgan fingerprint density at radius 1 is 1.19 bits per heavy atom. The average Bonchev–Trinajstić information content (AvgIpc) is 2.73. The highest BCUT2D eigenvalue weighted by Crippen LogP contribution is 2.26. The van der Waals surface area contributed by atoms with Crippen LogP contribution in [0.15, 0.2) is 6.20 Å². The molecule has 6 nitrogen and oxygen atoms in total. The predicted octanol–water partition coefficient (Wildman–Crippen LogP) is 3.63. The molecule has 2 heterocycles. The van der Waals surface area contributed by atoms with Crippen molar-refractivity contribution >= 4 is 5.82 Å². The number of anilines is 1. The van der Waals surface area contributed by atoms with Crippen LogP contribution in [0.2, 0.25) is 0 Å². The molecular formula is C21H28N4O2. The molecule has 1 saturated carbocycles. The SMILES string of the molecule is N#Cc1ncc(C#CCOC2CCCCO2)c(NCCC2CCCCC2)n1. The molecule has 1 saturated heterocycles. The molecule has 1 aliphatic carbocycles. The molecule has 0 radical (unpaired) electrons. The van der Waals surface area contributed by atoms with Crippen molar-refractivity contribution in [2.45, 2.75) is 64.1 Å². The van der Waals surface area contributed by atoms with Gasteiger partial charge < -0.3 is 14.8 Å². The van der Waals surface area contributed by atoms with Gasteiger partial charge in [-0.25, -0.2) is 9.97 Å². The van der Waals surface area contributed by atoms with Gasteiger partial charge in [0.05, 0.1) is 5.56 Å². The van der Waals surface area contributed by atoms with E-state index in [0.717, 1.165) is 44.8 Å². The average molecular weight is 368 g/mol. The van der Waals surface area contributed by atoms with Crippen molar-refractivity contribution in [2.75, 3.05) is 25.1 Å². The molecule has 1 N–H and O–H groups in total. The van der Waals surface area contributed by atoms with Gasteiger partial charge in [-0.3, -0.25) is 0 Å². The fourth-order valence-electron chi connectivity index (χ4n) is 3.64. The summed E-state index contributed by atoms with van der Waals surface area (Å²) in [4.78, 5) is 8.34. The van der Waals surface area contributed by atoms with Gasteiger partial charge in [0.1, 0.15) is 18.5 Å². The molecule has 1 aromatic heterocycles. The number of rotatable bonds is 6. The Morgan fingerprint density at radius 2 is 2.04 bits per heavy atom. The second-order valence-corrected chi connectivity index (χ2v) is 7.20. The lowest BCUT2D eigenvalue weighted by Gasteiger charge is -2.21. The minimum atomic E-state index is -0.140. The molecular weight excluding hydrogens is 340 g/mol. The lowest BCUT2D eigenvalue weighted by atomic mass is 9.87. The Hall–Kier alpha value is -2.15. The fraction of sp³-hybridized carbons (Fsp3) is 0.667. The normalized spacial score (nSPS) is 20.3. The smallest absolute Gasteiger partial charge is 0.234 e. The van der Waals surface area contributed by atoms with Gasteiger partial charge in [-0.1, -0.05) is 43.9 Å². The van der Waals surface area contributed by atoms with Gasteiger partial charge in [0, 0.05) is 19.3 Å². The summed E-state index contributed by atoms with van der Waals surface area (Å²) in [5.41, 5.74) is 0.700. The molecule has 3 rings (SSSR count). The van der Waals surface area contributed by atoms with Gasteiger partial charge in [-0.05, 0) is 31.6 Å². The van der Waals surface area contributed by atoms with Crippen LogP contribution >= 0.6 is 0 Å². The van der Waals surface area contributed by atoms with Crippen molar-refractivity contribution < 1.29 is 9.47 Å². The molecule has 6 heteroatoms. The molecule has 0 bridgehead atoms. The minimum absolute atomic E-state index is 0.140. The highest BCUT2D eigenvalue weighted by Gasteiger charge is 2.14. The number of hydrogen-bond acceptors (Lipinski definition) is 6. The summed E-state index contributed by atoms with van der Waals surface area (Å²) in [6, 6.07) is 1.99. The third-order valence-electron chi connectivity index (χ3n) is 5.16. The first kappa shape index (κ1) is 19.6. The Bertz CT molecular complexity index is 692. The fourth-order valence-corrected chi connectivity index (χ4v) is 3.64. The van der Waals surface area contributed by atoms with Crippen LogP contribution in [0.4, 0.5) is 5.82 Å². The molecule has 2 aliphatic rings. The van der Waals surface area contributed by atoms with E-state index in [-0.39, 0.29) is 12.1 Å². The van der Waals surface area contributed by atoms with E-state index >= 15 is 0 Å². The van der Waals surface area contributed by atoms with E-state index < -0.39 is 0 Å². The number of aromatic nitrogens is 2. The van der Waals surface area contributed by atoms with Crippen LogP contribution in [0.3, 0.4) is 0 Å². The maximum atomic E-state index is 9.07.